The van der Waals surface area contributed by atoms with Crippen molar-refractivity contribution in [1.82, 2.24) is 19.9 Å². The molecule has 2 atom stereocenters. The maximum absolute atomic E-state index is 5.40. The van der Waals surface area contributed by atoms with Crippen molar-refractivity contribution in [3.8, 4) is 0 Å². The molecule has 0 saturated heterocycles. The Morgan fingerprint density at radius 2 is 2.33 bits per heavy atom. The van der Waals surface area contributed by atoms with Crippen molar-refractivity contribution in [2.24, 2.45) is 0 Å². The van der Waals surface area contributed by atoms with E-state index in [4.69, 9.17) is 4.42 Å². The average Bonchev–Trinajstić information content (AvgIpc) is 2.88. The second kappa shape index (κ2) is 3.56. The van der Waals surface area contributed by atoms with Gasteiger partial charge < -0.3 is 14.7 Å². The van der Waals surface area contributed by atoms with Crippen molar-refractivity contribution in [2.45, 2.75) is 18.4 Å². The molecule has 2 N–H and O–H groups in total. The van der Waals surface area contributed by atoms with Gasteiger partial charge in [-0.1, -0.05) is 0 Å². The minimum atomic E-state index is 0.373. The minimum Gasteiger partial charge on any atom is -0.469 e. The molecule has 6 heteroatoms. The van der Waals surface area contributed by atoms with Crippen LogP contribution in [0.2, 0.25) is 0 Å². The zero-order valence-electron chi connectivity index (χ0n) is 9.50. The Bertz CT molecular complexity index is 675. The van der Waals surface area contributed by atoms with Crippen LogP contribution in [0.4, 0.5) is 5.82 Å². The first-order valence-electron chi connectivity index (χ1n) is 5.86. The number of rotatable bonds is 3. The van der Waals surface area contributed by atoms with E-state index in [2.05, 4.69) is 25.3 Å². The molecule has 3 heterocycles. The monoisotopic (exact) mass is 241 g/mol. The lowest BCUT2D eigenvalue weighted by molar-refractivity contribution is 0.510. The van der Waals surface area contributed by atoms with Crippen LogP contribution < -0.4 is 5.32 Å². The van der Waals surface area contributed by atoms with Gasteiger partial charge in [-0.3, -0.25) is 0 Å². The Morgan fingerprint density at radius 3 is 3.22 bits per heavy atom. The average molecular weight is 241 g/mol. The highest BCUT2D eigenvalue weighted by Crippen LogP contribution is 2.43. The number of imidazole rings is 1. The quantitative estimate of drug-likeness (QED) is 0.732. The van der Waals surface area contributed by atoms with E-state index in [1.807, 2.05) is 12.1 Å². The van der Waals surface area contributed by atoms with Crippen LogP contribution in [0.5, 0.6) is 0 Å². The fraction of sp³-hybridized carbons (Fsp3) is 0.250. The molecule has 3 aromatic heterocycles. The van der Waals surface area contributed by atoms with Crippen molar-refractivity contribution >= 4 is 17.0 Å². The summed E-state index contributed by atoms with van der Waals surface area (Å²) in [5.41, 5.74) is 1.53. The summed E-state index contributed by atoms with van der Waals surface area (Å²) in [5, 5.41) is 3.40. The zero-order valence-corrected chi connectivity index (χ0v) is 9.50. The van der Waals surface area contributed by atoms with Gasteiger partial charge in [0.25, 0.3) is 0 Å². The van der Waals surface area contributed by atoms with Crippen LogP contribution in [-0.2, 0) is 0 Å². The summed E-state index contributed by atoms with van der Waals surface area (Å²) >= 11 is 0. The summed E-state index contributed by atoms with van der Waals surface area (Å²) in [6.07, 6.45) is 5.92. The van der Waals surface area contributed by atoms with Crippen molar-refractivity contribution in [1.29, 1.82) is 0 Å². The van der Waals surface area contributed by atoms with Gasteiger partial charge >= 0.3 is 0 Å². The Hall–Kier alpha value is -2.37. The number of nitrogens with zero attached hydrogens (tertiary/aromatic N) is 3. The first kappa shape index (κ1) is 9.64. The molecule has 0 radical (unpaired) electrons. The van der Waals surface area contributed by atoms with Gasteiger partial charge in [0.1, 0.15) is 17.6 Å². The van der Waals surface area contributed by atoms with Gasteiger partial charge in [-0.25, -0.2) is 15.0 Å². The number of fused-ring (bicyclic) bond motifs is 1. The fourth-order valence-electron chi connectivity index (χ4n) is 2.22. The van der Waals surface area contributed by atoms with Crippen LogP contribution in [0.25, 0.3) is 11.2 Å². The molecule has 0 unspecified atom stereocenters. The number of nitrogens with one attached hydrogen (secondary N) is 2. The van der Waals surface area contributed by atoms with E-state index in [0.717, 1.165) is 23.5 Å². The maximum atomic E-state index is 5.40. The van der Waals surface area contributed by atoms with Crippen LogP contribution >= 0.6 is 0 Å². The van der Waals surface area contributed by atoms with Crippen LogP contribution in [0.1, 0.15) is 18.1 Å². The van der Waals surface area contributed by atoms with Crippen molar-refractivity contribution < 1.29 is 4.42 Å². The highest BCUT2D eigenvalue weighted by molar-refractivity contribution is 5.82. The topological polar surface area (TPSA) is 79.6 Å². The van der Waals surface area contributed by atoms with Gasteiger partial charge in [-0.2, -0.15) is 0 Å². The lowest BCUT2D eigenvalue weighted by Crippen LogP contribution is -2.06. The van der Waals surface area contributed by atoms with E-state index < -0.39 is 0 Å². The third-order valence-corrected chi connectivity index (χ3v) is 3.24. The molecule has 18 heavy (non-hydrogen) atoms. The van der Waals surface area contributed by atoms with E-state index in [9.17, 15) is 0 Å². The van der Waals surface area contributed by atoms with E-state index in [1.165, 1.54) is 6.33 Å². The lowest BCUT2D eigenvalue weighted by atomic mass is 10.3. The summed E-state index contributed by atoms with van der Waals surface area (Å²) in [5.74, 6) is 2.27. The highest BCUT2D eigenvalue weighted by Gasteiger charge is 2.41. The molecule has 1 aliphatic rings. The third-order valence-electron chi connectivity index (χ3n) is 3.24. The molecule has 1 saturated carbocycles. The zero-order chi connectivity index (χ0) is 11.9. The molecule has 0 aromatic carbocycles. The van der Waals surface area contributed by atoms with Crippen LogP contribution in [-0.4, -0.2) is 26.0 Å². The summed E-state index contributed by atoms with van der Waals surface area (Å²) in [4.78, 5) is 15.5. The molecule has 1 fully saturated rings. The first-order chi connectivity index (χ1) is 8.92. The predicted octanol–water partition coefficient (Wildman–Crippen LogP) is 1.91. The van der Waals surface area contributed by atoms with E-state index in [-0.39, 0.29) is 0 Å². The Morgan fingerprint density at radius 1 is 1.33 bits per heavy atom. The van der Waals surface area contributed by atoms with E-state index >= 15 is 0 Å². The summed E-state index contributed by atoms with van der Waals surface area (Å²) in [6.45, 7) is 0. The van der Waals surface area contributed by atoms with Gasteiger partial charge in [0.05, 0.1) is 12.6 Å². The SMILES string of the molecule is c1coc([C@@H]2C[C@H]2Nc2ncnc3nc[nH]c23)c1. The lowest BCUT2D eigenvalue weighted by Gasteiger charge is -2.04. The number of aromatic nitrogens is 4. The second-order valence-electron chi connectivity index (χ2n) is 4.43. The van der Waals surface area contributed by atoms with Gasteiger partial charge in [0.2, 0.25) is 0 Å². The molecule has 1 aliphatic carbocycles. The van der Waals surface area contributed by atoms with Crippen LogP contribution in [0.15, 0.2) is 35.5 Å². The molecule has 0 bridgehead atoms. The number of furan rings is 1. The molecular weight excluding hydrogens is 230 g/mol. The summed E-state index contributed by atoms with van der Waals surface area (Å²) in [6, 6.07) is 4.30. The minimum absolute atomic E-state index is 0.373. The van der Waals surface area contributed by atoms with Crippen LogP contribution in [0.3, 0.4) is 0 Å². The molecule has 4 rings (SSSR count). The molecule has 6 nitrogen and oxygen atoms in total. The number of anilines is 1. The maximum Gasteiger partial charge on any atom is 0.182 e. The predicted molar refractivity (Wildman–Crippen MR) is 65.2 cm³/mol. The van der Waals surface area contributed by atoms with Gasteiger partial charge in [-0.05, 0) is 18.6 Å². The summed E-state index contributed by atoms with van der Waals surface area (Å²) in [7, 11) is 0. The molecule has 0 amide bonds. The molecule has 3 aromatic rings. The highest BCUT2D eigenvalue weighted by atomic mass is 16.3. The smallest absolute Gasteiger partial charge is 0.182 e. The molecular formula is C12H11N5O. The Kier molecular flexibility index (Phi) is 1.91. The number of aromatic amines is 1. The van der Waals surface area contributed by atoms with Gasteiger partial charge in [0, 0.05) is 12.0 Å². The van der Waals surface area contributed by atoms with Crippen molar-refractivity contribution in [3.05, 3.63) is 36.8 Å². The van der Waals surface area contributed by atoms with E-state index in [1.54, 1.807) is 12.6 Å². The first-order valence-corrected chi connectivity index (χ1v) is 5.86. The molecule has 0 spiro atoms. The second-order valence-corrected chi connectivity index (χ2v) is 4.43. The molecule has 90 valence electrons. The molecule has 0 aliphatic heterocycles. The number of H-pyrrole nitrogens is 1. The van der Waals surface area contributed by atoms with Crippen molar-refractivity contribution in [2.75, 3.05) is 5.32 Å². The standard InChI is InChI=1S/C12H11N5O/c1-2-9(18-3-1)7-4-8(7)17-12-10-11(14-5-13-10)15-6-16-12/h1-3,5-8H,4H2,(H2,13,14,15,16,17)/t7-,8-/m1/s1. The Labute approximate surface area is 102 Å². The largest absolute Gasteiger partial charge is 0.469 e. The normalized spacial score (nSPS) is 22.2. The van der Waals surface area contributed by atoms with E-state index in [0.29, 0.717) is 17.6 Å². The number of hydrogen-bond acceptors (Lipinski definition) is 5. The Balaban J connectivity index is 1.58. The summed E-state index contributed by atoms with van der Waals surface area (Å²) < 4.78 is 5.40. The van der Waals surface area contributed by atoms with Gasteiger partial charge in [-0.15, -0.1) is 0 Å². The van der Waals surface area contributed by atoms with Gasteiger partial charge in [0.15, 0.2) is 11.5 Å². The number of hydrogen-bond donors (Lipinski definition) is 2. The fourth-order valence-corrected chi connectivity index (χ4v) is 2.22. The van der Waals surface area contributed by atoms with Crippen molar-refractivity contribution in [3.63, 3.8) is 0 Å². The third kappa shape index (κ3) is 1.46. The van der Waals surface area contributed by atoms with Crippen LogP contribution in [0, 0.1) is 0 Å².